The summed E-state index contributed by atoms with van der Waals surface area (Å²) >= 11 is 9.35. The molecule has 0 N–H and O–H groups in total. The fourth-order valence-corrected chi connectivity index (χ4v) is 3.08. The molecule has 1 aliphatic rings. The summed E-state index contributed by atoms with van der Waals surface area (Å²) < 4.78 is 0.710. The molecule has 0 atom stereocenters. The molecule has 1 saturated heterocycles. The maximum atomic E-state index is 10.9. The van der Waals surface area contributed by atoms with E-state index in [4.69, 9.17) is 11.6 Å². The third-order valence-electron chi connectivity index (χ3n) is 3.90. The van der Waals surface area contributed by atoms with Crippen LogP contribution in [0.4, 0.5) is 11.5 Å². The predicted octanol–water partition coefficient (Wildman–Crippen LogP) is 4.87. The fraction of sp³-hybridized carbons (Fsp3) is 0.222. The predicted molar refractivity (Wildman–Crippen MR) is 103 cm³/mol. The summed E-state index contributed by atoms with van der Waals surface area (Å²) in [5, 5.41) is 3.46. The van der Waals surface area contributed by atoms with Crippen LogP contribution in [0.1, 0.15) is 18.4 Å². The molecule has 2 aromatic rings. The lowest BCUT2D eigenvalue weighted by molar-refractivity contribution is 0.678. The Kier molecular flexibility index (Phi) is 5.79. The van der Waals surface area contributed by atoms with Gasteiger partial charge >= 0.3 is 0 Å². The van der Waals surface area contributed by atoms with Crippen molar-refractivity contribution < 1.29 is 0 Å². The number of nitrogens with zero attached hydrogens (tertiary/aromatic N) is 4. The van der Waals surface area contributed by atoms with Gasteiger partial charge in [-0.2, -0.15) is 0 Å². The highest BCUT2D eigenvalue weighted by atomic mass is 79.9. The molecular weight excluding hydrogens is 404 g/mol. The lowest BCUT2D eigenvalue weighted by Gasteiger charge is -2.29. The van der Waals surface area contributed by atoms with Crippen LogP contribution in [0.25, 0.3) is 0 Å². The van der Waals surface area contributed by atoms with E-state index >= 15 is 0 Å². The number of pyridine rings is 2. The van der Waals surface area contributed by atoms with Crippen molar-refractivity contribution in [2.24, 2.45) is 5.18 Å². The molecule has 0 bridgehead atoms. The molecule has 1 aliphatic heterocycles. The van der Waals surface area contributed by atoms with E-state index in [2.05, 4.69) is 47.8 Å². The van der Waals surface area contributed by atoms with Gasteiger partial charge in [0.15, 0.2) is 5.82 Å². The summed E-state index contributed by atoms with van der Waals surface area (Å²) in [4.78, 5) is 21.2. The van der Waals surface area contributed by atoms with Gasteiger partial charge in [-0.1, -0.05) is 29.0 Å². The van der Waals surface area contributed by atoms with Crippen LogP contribution in [0, 0.1) is 16.7 Å². The topological polar surface area (TPSA) is 58.5 Å². The first-order valence-corrected chi connectivity index (χ1v) is 8.89. The number of aromatic nitrogens is 2. The molecule has 126 valence electrons. The summed E-state index contributed by atoms with van der Waals surface area (Å²) in [6.07, 6.45) is 7.02. The monoisotopic (exact) mass is 416 g/mol. The number of anilines is 1. The zero-order chi connectivity index (χ0) is 17.6. The van der Waals surface area contributed by atoms with Crippen molar-refractivity contribution in [3.63, 3.8) is 0 Å². The molecule has 0 amide bonds. The van der Waals surface area contributed by atoms with Crippen molar-refractivity contribution in [2.45, 2.75) is 12.8 Å². The van der Waals surface area contributed by atoms with Gasteiger partial charge < -0.3 is 4.90 Å². The van der Waals surface area contributed by atoms with Gasteiger partial charge in [-0.15, -0.1) is 4.91 Å². The highest BCUT2D eigenvalue weighted by Gasteiger charge is 2.18. The highest BCUT2D eigenvalue weighted by molar-refractivity contribution is 9.10. The quantitative estimate of drug-likeness (QED) is 0.397. The van der Waals surface area contributed by atoms with E-state index in [1.54, 1.807) is 24.5 Å². The van der Waals surface area contributed by atoms with E-state index < -0.39 is 0 Å². The van der Waals surface area contributed by atoms with Crippen LogP contribution in [0.15, 0.2) is 51.9 Å². The number of allylic oxidation sites excluding steroid dienone is 1. The molecular formula is C18H14BrClN4O. The van der Waals surface area contributed by atoms with E-state index in [0.29, 0.717) is 21.1 Å². The van der Waals surface area contributed by atoms with Crippen LogP contribution in [0.3, 0.4) is 0 Å². The molecule has 0 unspecified atom stereocenters. The summed E-state index contributed by atoms with van der Waals surface area (Å²) in [5.41, 5.74) is 2.47. The summed E-state index contributed by atoms with van der Waals surface area (Å²) in [7, 11) is 0. The molecule has 0 aliphatic carbocycles. The Morgan fingerprint density at radius 1 is 1.24 bits per heavy atom. The normalized spacial score (nSPS) is 13.8. The Morgan fingerprint density at radius 3 is 2.80 bits per heavy atom. The van der Waals surface area contributed by atoms with Crippen molar-refractivity contribution >= 4 is 39.0 Å². The van der Waals surface area contributed by atoms with E-state index in [-0.39, 0.29) is 0 Å². The molecule has 0 spiro atoms. The minimum atomic E-state index is 0.383. The van der Waals surface area contributed by atoms with Crippen LogP contribution in [0.2, 0.25) is 5.15 Å². The minimum absolute atomic E-state index is 0.383. The first-order valence-electron chi connectivity index (χ1n) is 7.72. The first-order chi connectivity index (χ1) is 12.2. The number of piperidine rings is 1. The van der Waals surface area contributed by atoms with E-state index in [1.165, 1.54) is 5.57 Å². The van der Waals surface area contributed by atoms with Gasteiger partial charge in [0.25, 0.3) is 0 Å². The molecule has 0 saturated carbocycles. The highest BCUT2D eigenvalue weighted by Crippen LogP contribution is 2.29. The van der Waals surface area contributed by atoms with Crippen LogP contribution < -0.4 is 4.90 Å². The average Bonchev–Trinajstić information content (AvgIpc) is 2.66. The number of hydrogen-bond acceptors (Lipinski definition) is 5. The number of halogens is 2. The summed E-state index contributed by atoms with van der Waals surface area (Å²) in [5.74, 6) is 6.82. The third kappa shape index (κ3) is 4.25. The lowest BCUT2D eigenvalue weighted by atomic mass is 10.0. The first kappa shape index (κ1) is 17.6. The summed E-state index contributed by atoms with van der Waals surface area (Å²) in [6.45, 7) is 1.58. The minimum Gasteiger partial charge on any atom is -0.354 e. The molecule has 7 heteroatoms. The molecule has 2 aromatic heterocycles. The largest absolute Gasteiger partial charge is 0.354 e. The van der Waals surface area contributed by atoms with E-state index in [1.807, 2.05) is 12.1 Å². The second kappa shape index (κ2) is 8.24. The van der Waals surface area contributed by atoms with Gasteiger partial charge in [-0.3, -0.25) is 0 Å². The Morgan fingerprint density at radius 2 is 2.04 bits per heavy atom. The number of hydrogen-bond donors (Lipinski definition) is 0. The Labute approximate surface area is 159 Å². The van der Waals surface area contributed by atoms with Crippen LogP contribution in [0.5, 0.6) is 0 Å². The standard InChI is InChI=1S/C18H14BrClN4O/c19-16-14(6-10-21-17(16)20)4-1-3-13-7-11-24(12-8-13)18-15(23-25)5-2-9-22-18/h2-3,5-6,9-10H,7-8,11-12H2. The molecule has 0 radical (unpaired) electrons. The molecule has 1 fully saturated rings. The Hall–Kier alpha value is -2.23. The average molecular weight is 418 g/mol. The molecule has 0 aromatic carbocycles. The number of rotatable bonds is 2. The number of nitroso groups, excluding NO2 is 1. The maximum Gasteiger partial charge on any atom is 0.158 e. The maximum absolute atomic E-state index is 10.9. The third-order valence-corrected chi connectivity index (χ3v) is 5.22. The molecule has 3 rings (SSSR count). The molecule has 3 heterocycles. The van der Waals surface area contributed by atoms with E-state index in [0.717, 1.165) is 31.5 Å². The lowest BCUT2D eigenvalue weighted by Crippen LogP contribution is -2.31. The Balaban J connectivity index is 1.67. The van der Waals surface area contributed by atoms with Crippen LogP contribution >= 0.6 is 27.5 Å². The zero-order valence-corrected chi connectivity index (χ0v) is 15.6. The fourth-order valence-electron chi connectivity index (χ4n) is 2.58. The van der Waals surface area contributed by atoms with Gasteiger partial charge in [-0.25, -0.2) is 9.97 Å². The van der Waals surface area contributed by atoms with Crippen molar-refractivity contribution in [3.8, 4) is 11.8 Å². The smallest absolute Gasteiger partial charge is 0.158 e. The Bertz CT molecular complexity index is 878. The van der Waals surface area contributed by atoms with Crippen LogP contribution in [-0.4, -0.2) is 23.1 Å². The summed E-state index contributed by atoms with van der Waals surface area (Å²) in [6, 6.07) is 5.22. The SMILES string of the molecule is O=Nc1cccnc1N1CCC(=CC#Cc2ccnc(Cl)c2Br)CC1. The van der Waals surface area contributed by atoms with Crippen molar-refractivity contribution in [3.05, 3.63) is 62.3 Å². The van der Waals surface area contributed by atoms with Gasteiger partial charge in [-0.05, 0) is 58.2 Å². The second-order valence-corrected chi connectivity index (χ2v) is 6.61. The van der Waals surface area contributed by atoms with E-state index in [9.17, 15) is 4.91 Å². The second-order valence-electron chi connectivity index (χ2n) is 5.46. The van der Waals surface area contributed by atoms with Gasteiger partial charge in [0, 0.05) is 31.0 Å². The molecule has 5 nitrogen and oxygen atoms in total. The molecule has 25 heavy (non-hydrogen) atoms. The van der Waals surface area contributed by atoms with Crippen molar-refractivity contribution in [1.29, 1.82) is 0 Å². The van der Waals surface area contributed by atoms with Gasteiger partial charge in [0.1, 0.15) is 10.8 Å². The van der Waals surface area contributed by atoms with Crippen LogP contribution in [-0.2, 0) is 0 Å². The zero-order valence-electron chi connectivity index (χ0n) is 13.2. The van der Waals surface area contributed by atoms with Gasteiger partial charge in [0.05, 0.1) is 4.47 Å². The van der Waals surface area contributed by atoms with Crippen molar-refractivity contribution in [1.82, 2.24) is 9.97 Å². The van der Waals surface area contributed by atoms with Gasteiger partial charge in [0.2, 0.25) is 0 Å². The van der Waals surface area contributed by atoms with Crippen molar-refractivity contribution in [2.75, 3.05) is 18.0 Å².